The molecule has 2 aromatic rings. The number of carboxylic acids is 1. The topological polar surface area (TPSA) is 79.7 Å². The summed E-state index contributed by atoms with van der Waals surface area (Å²) in [7, 11) is 1.57. The molecule has 6 nitrogen and oxygen atoms in total. The van der Waals surface area contributed by atoms with Crippen LogP contribution in [0.3, 0.4) is 0 Å². The Kier molecular flexibility index (Phi) is 9.83. The Hall–Kier alpha value is -1.83. The van der Waals surface area contributed by atoms with E-state index >= 15 is 0 Å². The van der Waals surface area contributed by atoms with E-state index < -0.39 is 11.9 Å². The number of ketones is 1. The summed E-state index contributed by atoms with van der Waals surface area (Å²) >= 11 is 8.30. The summed E-state index contributed by atoms with van der Waals surface area (Å²) in [6.07, 6.45) is 5.52. The van der Waals surface area contributed by atoms with Crippen LogP contribution in [0.5, 0.6) is 5.75 Å². The predicted octanol–water partition coefficient (Wildman–Crippen LogP) is 5.42. The largest absolute Gasteiger partial charge is 0.497 e. The van der Waals surface area contributed by atoms with Crippen molar-refractivity contribution in [3.63, 3.8) is 0 Å². The monoisotopic (exact) mass is 492 g/mol. The molecule has 1 aliphatic rings. The highest BCUT2D eigenvalue weighted by atomic mass is 35.5. The molecule has 1 fully saturated rings. The number of methoxy groups -OCH3 is 1. The second kappa shape index (κ2) is 12.6. The maximum Gasteiger partial charge on any atom is 0.308 e. The van der Waals surface area contributed by atoms with Gasteiger partial charge < -0.3 is 14.7 Å². The van der Waals surface area contributed by atoms with Crippen molar-refractivity contribution in [3.05, 3.63) is 35.0 Å². The molecule has 180 valence electrons. The number of nitrogens with zero attached hydrogens (tertiary/aromatic N) is 2. The van der Waals surface area contributed by atoms with Crippen LogP contribution in [-0.2, 0) is 4.79 Å². The smallest absolute Gasteiger partial charge is 0.308 e. The molecule has 0 amide bonds. The van der Waals surface area contributed by atoms with Gasteiger partial charge in [-0.3, -0.25) is 14.6 Å². The third kappa shape index (κ3) is 6.84. The lowest BCUT2D eigenvalue weighted by atomic mass is 9.81. The Bertz CT molecular complexity index is 971. The van der Waals surface area contributed by atoms with Crippen LogP contribution in [0, 0.1) is 11.8 Å². The van der Waals surface area contributed by atoms with Crippen LogP contribution in [0.2, 0.25) is 5.02 Å². The van der Waals surface area contributed by atoms with E-state index in [0.29, 0.717) is 40.2 Å². The molecular weight excluding hydrogens is 460 g/mol. The number of pyridine rings is 1. The van der Waals surface area contributed by atoms with Crippen molar-refractivity contribution in [2.24, 2.45) is 11.8 Å². The summed E-state index contributed by atoms with van der Waals surface area (Å²) in [6, 6.07) is 5.38. The van der Waals surface area contributed by atoms with Gasteiger partial charge in [0.1, 0.15) is 5.75 Å². The van der Waals surface area contributed by atoms with Crippen molar-refractivity contribution in [2.45, 2.75) is 39.0 Å². The molecule has 0 bridgehead atoms. The highest BCUT2D eigenvalue weighted by molar-refractivity contribution is 7.99. The van der Waals surface area contributed by atoms with Gasteiger partial charge in [0.2, 0.25) is 0 Å². The fourth-order valence-corrected chi connectivity index (χ4v) is 5.78. The molecule has 0 radical (unpaired) electrons. The lowest BCUT2D eigenvalue weighted by Crippen LogP contribution is -2.44. The van der Waals surface area contributed by atoms with Crippen LogP contribution >= 0.6 is 23.4 Å². The maximum absolute atomic E-state index is 13.2. The first-order valence-corrected chi connectivity index (χ1v) is 13.2. The second-order valence-corrected chi connectivity index (χ2v) is 10.2. The number of carbonyl (C=O) groups excluding carboxylic acids is 1. The van der Waals surface area contributed by atoms with E-state index in [2.05, 4.69) is 16.8 Å². The SMILES string of the molecule is CCCCSCCN1CC[C@H](CCC(=O)c2c(Cl)cnc3ccc(OC)cc23)[C@H](C(=O)O)C1. The van der Waals surface area contributed by atoms with E-state index in [-0.39, 0.29) is 18.1 Å². The Morgan fingerprint density at radius 3 is 2.88 bits per heavy atom. The molecule has 1 aliphatic heterocycles. The van der Waals surface area contributed by atoms with Crippen LogP contribution in [-0.4, -0.2) is 65.0 Å². The van der Waals surface area contributed by atoms with Gasteiger partial charge in [-0.25, -0.2) is 0 Å². The Balaban J connectivity index is 1.63. The molecule has 2 atom stereocenters. The van der Waals surface area contributed by atoms with Crippen molar-refractivity contribution in [2.75, 3.05) is 38.2 Å². The van der Waals surface area contributed by atoms with Gasteiger partial charge in [0, 0.05) is 42.4 Å². The minimum Gasteiger partial charge on any atom is -0.497 e. The third-order valence-electron chi connectivity index (χ3n) is 6.40. The van der Waals surface area contributed by atoms with Gasteiger partial charge in [-0.1, -0.05) is 24.9 Å². The van der Waals surface area contributed by atoms with Crippen molar-refractivity contribution >= 4 is 46.0 Å². The minimum absolute atomic E-state index is 0.0168. The number of hydrogen-bond acceptors (Lipinski definition) is 6. The van der Waals surface area contributed by atoms with Gasteiger partial charge in [0.25, 0.3) is 0 Å². The average molecular weight is 493 g/mol. The van der Waals surface area contributed by atoms with Crippen molar-refractivity contribution < 1.29 is 19.4 Å². The van der Waals surface area contributed by atoms with E-state index in [1.807, 2.05) is 11.8 Å². The molecule has 0 aliphatic carbocycles. The van der Waals surface area contributed by atoms with Crippen LogP contribution in [0.1, 0.15) is 49.4 Å². The number of aliphatic carboxylic acids is 1. The zero-order valence-corrected chi connectivity index (χ0v) is 21.0. The molecule has 33 heavy (non-hydrogen) atoms. The Morgan fingerprint density at radius 2 is 2.15 bits per heavy atom. The number of likely N-dealkylation sites (tertiary alicyclic amines) is 1. The van der Waals surface area contributed by atoms with E-state index in [4.69, 9.17) is 16.3 Å². The van der Waals surface area contributed by atoms with Gasteiger partial charge in [-0.2, -0.15) is 11.8 Å². The fourth-order valence-electron chi connectivity index (χ4n) is 4.44. The number of aromatic nitrogens is 1. The summed E-state index contributed by atoms with van der Waals surface area (Å²) in [5, 5.41) is 10.8. The summed E-state index contributed by atoms with van der Waals surface area (Å²) in [4.78, 5) is 31.7. The molecule has 1 aromatic heterocycles. The average Bonchev–Trinajstić information content (AvgIpc) is 2.82. The summed E-state index contributed by atoms with van der Waals surface area (Å²) in [5.41, 5.74) is 1.12. The summed E-state index contributed by atoms with van der Waals surface area (Å²) in [5.74, 6) is 1.51. The van der Waals surface area contributed by atoms with Crippen LogP contribution in [0.4, 0.5) is 0 Å². The molecule has 0 unspecified atom stereocenters. The first-order chi connectivity index (χ1) is 15.9. The molecular formula is C25H33ClN2O4S. The number of carbonyl (C=O) groups is 2. The number of fused-ring (bicyclic) bond motifs is 1. The standard InChI is InChI=1S/C25H33ClN2O4S/c1-3-4-12-33-13-11-28-10-9-17(20(16-28)25(30)31)5-8-23(29)24-19-14-18(32-2)6-7-22(19)27-15-21(24)26/h6-7,14-15,17,20H,3-5,8-13,16H2,1-2H3,(H,30,31)/t17-,20+/m0/s1. The van der Waals surface area contributed by atoms with Gasteiger partial charge >= 0.3 is 5.97 Å². The Morgan fingerprint density at radius 1 is 1.33 bits per heavy atom. The van der Waals surface area contributed by atoms with E-state index in [0.717, 1.165) is 31.0 Å². The lowest BCUT2D eigenvalue weighted by Gasteiger charge is -2.36. The number of benzene rings is 1. The summed E-state index contributed by atoms with van der Waals surface area (Å²) < 4.78 is 5.30. The minimum atomic E-state index is -0.770. The number of unbranched alkanes of at least 4 members (excludes halogenated alkanes) is 1. The molecule has 3 rings (SSSR count). The number of thioether (sulfide) groups is 1. The predicted molar refractivity (Wildman–Crippen MR) is 135 cm³/mol. The van der Waals surface area contributed by atoms with E-state index in [1.165, 1.54) is 19.0 Å². The number of Topliss-reactive ketones (excluding diaryl/α,β-unsaturated/α-hetero) is 1. The van der Waals surface area contributed by atoms with E-state index in [1.54, 1.807) is 25.3 Å². The molecule has 0 saturated carbocycles. The highest BCUT2D eigenvalue weighted by Crippen LogP contribution is 2.32. The lowest BCUT2D eigenvalue weighted by molar-refractivity contribution is -0.146. The third-order valence-corrected chi connectivity index (χ3v) is 7.74. The molecule has 1 aromatic carbocycles. The second-order valence-electron chi connectivity index (χ2n) is 8.59. The van der Waals surface area contributed by atoms with Crippen LogP contribution in [0.25, 0.3) is 10.9 Å². The maximum atomic E-state index is 13.2. The zero-order chi connectivity index (χ0) is 23.8. The number of hydrogen-bond donors (Lipinski definition) is 1. The number of carboxylic acid groups (broad SMARTS) is 1. The normalized spacial score (nSPS) is 19.0. The van der Waals surface area contributed by atoms with Crippen LogP contribution < -0.4 is 4.74 Å². The van der Waals surface area contributed by atoms with E-state index in [9.17, 15) is 14.7 Å². The van der Waals surface area contributed by atoms with Crippen molar-refractivity contribution in [3.8, 4) is 5.75 Å². The van der Waals surface area contributed by atoms with Crippen molar-refractivity contribution in [1.82, 2.24) is 9.88 Å². The molecule has 2 heterocycles. The first-order valence-electron chi connectivity index (χ1n) is 11.6. The van der Waals surface area contributed by atoms with Gasteiger partial charge in [-0.05, 0) is 55.7 Å². The van der Waals surface area contributed by atoms with Crippen LogP contribution in [0.15, 0.2) is 24.4 Å². The quantitative estimate of drug-likeness (QED) is 0.313. The molecule has 1 saturated heterocycles. The zero-order valence-electron chi connectivity index (χ0n) is 19.4. The van der Waals surface area contributed by atoms with Crippen molar-refractivity contribution in [1.29, 1.82) is 0 Å². The number of ether oxygens (including phenoxy) is 1. The van der Waals surface area contributed by atoms with Gasteiger partial charge in [0.15, 0.2) is 5.78 Å². The fraction of sp³-hybridized carbons (Fsp3) is 0.560. The van der Waals surface area contributed by atoms with Gasteiger partial charge in [0.05, 0.1) is 23.6 Å². The molecule has 0 spiro atoms. The number of halogens is 1. The number of rotatable bonds is 12. The number of piperidine rings is 1. The van der Waals surface area contributed by atoms with Gasteiger partial charge in [-0.15, -0.1) is 0 Å². The summed E-state index contributed by atoms with van der Waals surface area (Å²) in [6.45, 7) is 4.55. The molecule has 1 N–H and O–H groups in total. The Labute approximate surface area is 205 Å². The molecule has 8 heteroatoms. The highest BCUT2D eigenvalue weighted by Gasteiger charge is 2.34. The first kappa shape index (κ1) is 25.8.